The summed E-state index contributed by atoms with van der Waals surface area (Å²) in [4.78, 5) is 23.5. The van der Waals surface area contributed by atoms with E-state index in [9.17, 15) is 9.59 Å². The molecule has 0 bridgehead atoms. The van der Waals surface area contributed by atoms with Crippen LogP contribution in [0.3, 0.4) is 0 Å². The first-order valence-electron chi connectivity index (χ1n) is 8.46. The van der Waals surface area contributed by atoms with Crippen LogP contribution in [0.25, 0.3) is 0 Å². The summed E-state index contributed by atoms with van der Waals surface area (Å²) in [7, 11) is 0. The first-order valence-corrected chi connectivity index (χ1v) is 8.46. The Morgan fingerprint density at radius 1 is 1.00 bits per heavy atom. The van der Waals surface area contributed by atoms with Crippen LogP contribution in [-0.4, -0.2) is 23.0 Å². The Kier molecular flexibility index (Phi) is 6.34. The van der Waals surface area contributed by atoms with Crippen LogP contribution in [0.1, 0.15) is 34.2 Å². The first kappa shape index (κ1) is 18.7. The quantitative estimate of drug-likeness (QED) is 0.813. The van der Waals surface area contributed by atoms with E-state index in [4.69, 9.17) is 5.11 Å². The summed E-state index contributed by atoms with van der Waals surface area (Å²) in [5, 5.41) is 12.0. The second-order valence-corrected chi connectivity index (χ2v) is 6.66. The van der Waals surface area contributed by atoms with E-state index in [1.165, 1.54) is 0 Å². The zero-order valence-corrected chi connectivity index (χ0v) is 15.0. The molecule has 2 N–H and O–H groups in total. The highest BCUT2D eigenvalue weighted by Gasteiger charge is 2.17. The molecule has 0 aliphatic carbocycles. The summed E-state index contributed by atoms with van der Waals surface area (Å²) in [6.45, 7) is 6.00. The number of aliphatic carboxylic acids is 1. The fourth-order valence-corrected chi connectivity index (χ4v) is 2.89. The Morgan fingerprint density at radius 2 is 1.64 bits per heavy atom. The Balaban J connectivity index is 2.03. The van der Waals surface area contributed by atoms with Crippen molar-refractivity contribution >= 4 is 11.9 Å². The third kappa shape index (κ3) is 6.07. The molecule has 2 rings (SSSR count). The molecule has 0 aromatic heterocycles. The third-order valence-corrected chi connectivity index (χ3v) is 4.24. The normalized spacial score (nSPS) is 11.8. The Bertz CT molecular complexity index is 750. The van der Waals surface area contributed by atoms with Crippen molar-refractivity contribution in [3.63, 3.8) is 0 Å². The smallest absolute Gasteiger partial charge is 0.305 e. The van der Waals surface area contributed by atoms with Gasteiger partial charge in [-0.1, -0.05) is 53.6 Å². The number of rotatable bonds is 7. The maximum Gasteiger partial charge on any atom is 0.305 e. The zero-order valence-electron chi connectivity index (χ0n) is 15.0. The molecule has 0 radical (unpaired) electrons. The molecule has 1 unspecified atom stereocenters. The highest BCUT2D eigenvalue weighted by Crippen LogP contribution is 2.12. The van der Waals surface area contributed by atoms with Gasteiger partial charge >= 0.3 is 5.97 Å². The zero-order chi connectivity index (χ0) is 18.4. The van der Waals surface area contributed by atoms with Crippen molar-refractivity contribution in [3.05, 3.63) is 70.3 Å². The Labute approximate surface area is 148 Å². The molecule has 1 atom stereocenters. The molecule has 0 aliphatic rings. The molecular weight excluding hydrogens is 314 g/mol. The fraction of sp³-hybridized carbons (Fsp3) is 0.333. The van der Waals surface area contributed by atoms with Gasteiger partial charge in [0.05, 0.1) is 12.8 Å². The summed E-state index contributed by atoms with van der Waals surface area (Å²) in [6, 6.07) is 13.5. The number of amides is 1. The van der Waals surface area contributed by atoms with Gasteiger partial charge in [0.1, 0.15) is 0 Å². The monoisotopic (exact) mass is 339 g/mol. The van der Waals surface area contributed by atoms with E-state index in [2.05, 4.69) is 5.32 Å². The fourth-order valence-electron chi connectivity index (χ4n) is 2.89. The van der Waals surface area contributed by atoms with E-state index in [0.717, 1.165) is 27.8 Å². The summed E-state index contributed by atoms with van der Waals surface area (Å²) >= 11 is 0. The van der Waals surface area contributed by atoms with Crippen molar-refractivity contribution in [2.75, 3.05) is 0 Å². The summed E-state index contributed by atoms with van der Waals surface area (Å²) in [6.07, 6.45) is 0.674. The van der Waals surface area contributed by atoms with Crippen molar-refractivity contribution in [2.24, 2.45) is 0 Å². The van der Waals surface area contributed by atoms with Gasteiger partial charge in [-0.25, -0.2) is 0 Å². The number of hydrogen-bond acceptors (Lipinski definition) is 2. The van der Waals surface area contributed by atoms with E-state index < -0.39 is 12.0 Å². The van der Waals surface area contributed by atoms with Gasteiger partial charge in [-0.3, -0.25) is 9.59 Å². The largest absolute Gasteiger partial charge is 0.481 e. The number of carboxylic acids is 1. The van der Waals surface area contributed by atoms with E-state index in [1.54, 1.807) is 0 Å². The van der Waals surface area contributed by atoms with Gasteiger partial charge in [-0.15, -0.1) is 0 Å². The minimum atomic E-state index is -0.913. The molecule has 1 amide bonds. The summed E-state index contributed by atoms with van der Waals surface area (Å²) in [5.74, 6) is -1.06. The second kappa shape index (κ2) is 8.47. The second-order valence-electron chi connectivity index (χ2n) is 6.66. The Morgan fingerprint density at radius 3 is 2.24 bits per heavy atom. The predicted molar refractivity (Wildman–Crippen MR) is 98.7 cm³/mol. The lowest BCUT2D eigenvalue weighted by atomic mass is 10.0. The van der Waals surface area contributed by atoms with Crippen LogP contribution in [0.5, 0.6) is 0 Å². The van der Waals surface area contributed by atoms with Crippen molar-refractivity contribution in [3.8, 4) is 0 Å². The molecule has 4 nitrogen and oxygen atoms in total. The Hall–Kier alpha value is -2.62. The lowest BCUT2D eigenvalue weighted by Crippen LogP contribution is -2.39. The molecule has 0 heterocycles. The maximum absolute atomic E-state index is 12.4. The molecule has 4 heteroatoms. The van der Waals surface area contributed by atoms with E-state index >= 15 is 0 Å². The number of hydrogen-bond donors (Lipinski definition) is 2. The molecule has 0 aliphatic heterocycles. The van der Waals surface area contributed by atoms with Crippen molar-refractivity contribution in [1.29, 1.82) is 0 Å². The van der Waals surface area contributed by atoms with E-state index in [1.807, 2.05) is 63.2 Å². The van der Waals surface area contributed by atoms with Crippen LogP contribution >= 0.6 is 0 Å². The highest BCUT2D eigenvalue weighted by atomic mass is 16.4. The highest BCUT2D eigenvalue weighted by molar-refractivity contribution is 5.80. The SMILES string of the molecule is Cc1ccc(CC(CC(=O)O)NC(=O)Cc2ccc(C)cc2C)cc1. The molecule has 2 aromatic rings. The predicted octanol–water partition coefficient (Wildman–Crippen LogP) is 3.36. The van der Waals surface area contributed by atoms with Crippen molar-refractivity contribution in [2.45, 2.75) is 46.1 Å². The topological polar surface area (TPSA) is 66.4 Å². The number of carbonyl (C=O) groups excluding carboxylic acids is 1. The van der Waals surface area contributed by atoms with Gasteiger partial charge in [-0.05, 0) is 43.9 Å². The van der Waals surface area contributed by atoms with Gasteiger partial charge in [0.25, 0.3) is 0 Å². The number of benzene rings is 2. The van der Waals surface area contributed by atoms with Gasteiger partial charge in [0.2, 0.25) is 5.91 Å². The van der Waals surface area contributed by atoms with Crippen molar-refractivity contribution < 1.29 is 14.7 Å². The van der Waals surface area contributed by atoms with Crippen LogP contribution < -0.4 is 5.32 Å². The molecular formula is C21H25NO3. The van der Waals surface area contributed by atoms with Gasteiger partial charge in [0.15, 0.2) is 0 Å². The van der Waals surface area contributed by atoms with Crippen LogP contribution in [0.2, 0.25) is 0 Å². The first-order chi connectivity index (χ1) is 11.8. The summed E-state index contributed by atoms with van der Waals surface area (Å²) < 4.78 is 0. The van der Waals surface area contributed by atoms with Gasteiger partial charge in [-0.2, -0.15) is 0 Å². The van der Waals surface area contributed by atoms with E-state index in [0.29, 0.717) is 6.42 Å². The summed E-state index contributed by atoms with van der Waals surface area (Å²) in [5.41, 5.74) is 5.36. The third-order valence-electron chi connectivity index (χ3n) is 4.24. The lowest BCUT2D eigenvalue weighted by molar-refractivity contribution is -0.137. The average Bonchev–Trinajstić information content (AvgIpc) is 2.51. The van der Waals surface area contributed by atoms with E-state index in [-0.39, 0.29) is 18.7 Å². The van der Waals surface area contributed by atoms with Gasteiger partial charge < -0.3 is 10.4 Å². The molecule has 2 aromatic carbocycles. The van der Waals surface area contributed by atoms with Crippen LogP contribution in [0.4, 0.5) is 0 Å². The van der Waals surface area contributed by atoms with Gasteiger partial charge in [0, 0.05) is 6.04 Å². The molecule has 0 spiro atoms. The standard InChI is InChI=1S/C21H25NO3/c1-14-4-7-17(8-5-14)11-19(13-21(24)25)22-20(23)12-18-9-6-15(2)10-16(18)3/h4-10,19H,11-13H2,1-3H3,(H,22,23)(H,24,25). The maximum atomic E-state index is 12.4. The van der Waals surface area contributed by atoms with Crippen LogP contribution in [0.15, 0.2) is 42.5 Å². The minimum absolute atomic E-state index is 0.0908. The number of carboxylic acid groups (broad SMARTS) is 1. The minimum Gasteiger partial charge on any atom is -0.481 e. The van der Waals surface area contributed by atoms with Crippen molar-refractivity contribution in [1.82, 2.24) is 5.32 Å². The van der Waals surface area contributed by atoms with Crippen LogP contribution in [-0.2, 0) is 22.4 Å². The number of carbonyl (C=O) groups is 2. The molecule has 0 fully saturated rings. The average molecular weight is 339 g/mol. The number of aryl methyl sites for hydroxylation is 3. The molecule has 132 valence electrons. The lowest BCUT2D eigenvalue weighted by Gasteiger charge is -2.18. The number of nitrogens with one attached hydrogen (secondary N) is 1. The molecule has 0 saturated carbocycles. The molecule has 25 heavy (non-hydrogen) atoms. The van der Waals surface area contributed by atoms with Crippen LogP contribution in [0, 0.1) is 20.8 Å². The molecule has 0 saturated heterocycles.